The lowest BCUT2D eigenvalue weighted by molar-refractivity contribution is -0.123. The summed E-state index contributed by atoms with van der Waals surface area (Å²) < 4.78 is 15.0. The average Bonchev–Trinajstić information content (AvgIpc) is 3.36. The van der Waals surface area contributed by atoms with Crippen molar-refractivity contribution in [2.24, 2.45) is 11.3 Å². The van der Waals surface area contributed by atoms with E-state index in [1.165, 1.54) is 12.1 Å². The molecule has 2 heterocycles. The highest BCUT2D eigenvalue weighted by Gasteiger charge is 2.65. The molecular formula is C32H42Cl2FN3O3. The Morgan fingerprint density at radius 3 is 2.59 bits per heavy atom. The maximum absolute atomic E-state index is 15.0. The minimum atomic E-state index is -1.27. The van der Waals surface area contributed by atoms with E-state index in [4.69, 9.17) is 23.2 Å². The van der Waals surface area contributed by atoms with E-state index in [-0.39, 0.29) is 28.9 Å². The lowest BCUT2D eigenvalue weighted by Crippen LogP contribution is -2.49. The van der Waals surface area contributed by atoms with Crippen molar-refractivity contribution in [3.05, 3.63) is 63.4 Å². The van der Waals surface area contributed by atoms with Crippen LogP contribution < -0.4 is 16.0 Å². The fourth-order valence-corrected chi connectivity index (χ4v) is 7.23. The standard InChI is InChI=1S/C32H42Cl2FN3O3/c1-5-8-19(12-14-39)9-7-13-36-29(40)28-27(20-10-6-11-21(33)15-20)32(26(38-28)18-31(2,3)4)22-16-24(35)23(34)17-25(22)37-30(32)41/h6,10-11,15-17,19,26-28,38-39H,5,7-9,12-14,18H2,1-4H3,(H,36,40)(H,37,41)/t19-,26+,27-,28+,32-/m0/s1. The first-order valence-electron chi connectivity index (χ1n) is 14.6. The molecule has 1 spiro atoms. The van der Waals surface area contributed by atoms with Gasteiger partial charge in [0, 0.05) is 35.8 Å². The fourth-order valence-electron chi connectivity index (χ4n) is 6.87. The van der Waals surface area contributed by atoms with E-state index in [1.807, 2.05) is 12.1 Å². The van der Waals surface area contributed by atoms with Crippen LogP contribution in [0.2, 0.25) is 10.0 Å². The number of carbonyl (C=O) groups excluding carboxylic acids is 2. The first kappa shape index (κ1) is 31.7. The highest BCUT2D eigenvalue weighted by Crippen LogP contribution is 2.57. The summed E-state index contributed by atoms with van der Waals surface area (Å²) in [6.07, 6.45) is 5.11. The minimum absolute atomic E-state index is 0.0735. The zero-order valence-corrected chi connectivity index (χ0v) is 25.8. The van der Waals surface area contributed by atoms with Gasteiger partial charge in [0.25, 0.3) is 0 Å². The molecule has 0 saturated carbocycles. The van der Waals surface area contributed by atoms with Gasteiger partial charge in [-0.25, -0.2) is 4.39 Å². The molecule has 4 N–H and O–H groups in total. The maximum Gasteiger partial charge on any atom is 0.237 e. The molecule has 1 fully saturated rings. The van der Waals surface area contributed by atoms with Crippen LogP contribution in [-0.4, -0.2) is 42.2 Å². The zero-order chi connectivity index (χ0) is 29.9. The molecule has 6 nitrogen and oxygen atoms in total. The predicted molar refractivity (Wildman–Crippen MR) is 163 cm³/mol. The van der Waals surface area contributed by atoms with E-state index in [9.17, 15) is 14.7 Å². The van der Waals surface area contributed by atoms with Crippen LogP contribution in [0.5, 0.6) is 0 Å². The minimum Gasteiger partial charge on any atom is -0.396 e. The quantitative estimate of drug-likeness (QED) is 0.218. The lowest BCUT2D eigenvalue weighted by atomic mass is 9.62. The van der Waals surface area contributed by atoms with Crippen LogP contribution in [0.3, 0.4) is 0 Å². The second kappa shape index (κ2) is 13.0. The average molecular weight is 607 g/mol. The van der Waals surface area contributed by atoms with Gasteiger partial charge in [0.15, 0.2) is 0 Å². The van der Waals surface area contributed by atoms with Crippen LogP contribution in [0.25, 0.3) is 0 Å². The number of halogens is 3. The molecule has 2 aliphatic heterocycles. The third kappa shape index (κ3) is 6.58. The van der Waals surface area contributed by atoms with Crippen LogP contribution in [0.4, 0.5) is 10.1 Å². The Balaban J connectivity index is 1.74. The van der Waals surface area contributed by atoms with E-state index in [0.717, 1.165) is 37.7 Å². The molecule has 41 heavy (non-hydrogen) atoms. The first-order chi connectivity index (χ1) is 19.4. The second-order valence-corrected chi connectivity index (χ2v) is 13.6. The summed E-state index contributed by atoms with van der Waals surface area (Å²) >= 11 is 12.6. The molecule has 0 aromatic heterocycles. The summed E-state index contributed by atoms with van der Waals surface area (Å²) in [4.78, 5) is 28.1. The van der Waals surface area contributed by atoms with Crippen molar-refractivity contribution in [1.29, 1.82) is 0 Å². The zero-order valence-electron chi connectivity index (χ0n) is 24.3. The number of amides is 2. The second-order valence-electron chi connectivity index (χ2n) is 12.7. The summed E-state index contributed by atoms with van der Waals surface area (Å²) in [7, 11) is 0. The van der Waals surface area contributed by atoms with E-state index >= 15 is 4.39 Å². The predicted octanol–water partition coefficient (Wildman–Crippen LogP) is 6.58. The summed E-state index contributed by atoms with van der Waals surface area (Å²) in [5.41, 5.74) is 0.211. The van der Waals surface area contributed by atoms with E-state index in [0.29, 0.717) is 35.2 Å². The molecule has 1 saturated heterocycles. The van der Waals surface area contributed by atoms with E-state index in [1.54, 1.807) is 12.1 Å². The van der Waals surface area contributed by atoms with Gasteiger partial charge < -0.3 is 21.1 Å². The third-order valence-electron chi connectivity index (χ3n) is 8.51. The first-order valence-corrected chi connectivity index (χ1v) is 15.4. The van der Waals surface area contributed by atoms with Gasteiger partial charge in [-0.3, -0.25) is 9.59 Å². The lowest BCUT2D eigenvalue weighted by Gasteiger charge is -2.37. The molecule has 5 atom stereocenters. The SMILES string of the molecule is CCC[C@H](CCO)CCCNC(=O)[C@@H]1N[C@H](CC(C)(C)C)[C@]2(C(=O)Nc3cc(Cl)c(F)cc32)[C@H]1c1cccc(Cl)c1. The van der Waals surface area contributed by atoms with Gasteiger partial charge in [0.2, 0.25) is 11.8 Å². The summed E-state index contributed by atoms with van der Waals surface area (Å²) in [5, 5.41) is 19.4. The van der Waals surface area contributed by atoms with Gasteiger partial charge in [-0.05, 0) is 72.4 Å². The third-order valence-corrected chi connectivity index (χ3v) is 9.04. The molecule has 224 valence electrons. The molecule has 0 radical (unpaired) electrons. The van der Waals surface area contributed by atoms with E-state index in [2.05, 4.69) is 43.6 Å². The highest BCUT2D eigenvalue weighted by atomic mass is 35.5. The molecule has 2 aromatic rings. The fraction of sp³-hybridized carbons (Fsp3) is 0.562. The molecule has 0 bridgehead atoms. The van der Waals surface area contributed by atoms with Crippen LogP contribution >= 0.6 is 23.2 Å². The normalized spacial score (nSPS) is 24.4. The summed E-state index contributed by atoms with van der Waals surface area (Å²) in [5.74, 6) is -1.35. The molecule has 4 rings (SSSR count). The Kier molecular flexibility index (Phi) is 10.1. The van der Waals surface area contributed by atoms with Gasteiger partial charge in [0.1, 0.15) is 11.2 Å². The Hall–Kier alpha value is -2.19. The van der Waals surface area contributed by atoms with Gasteiger partial charge in [-0.2, -0.15) is 0 Å². The van der Waals surface area contributed by atoms with Gasteiger partial charge in [0.05, 0.1) is 11.1 Å². The number of fused-ring (bicyclic) bond motifs is 2. The largest absolute Gasteiger partial charge is 0.396 e. The van der Waals surface area contributed by atoms with Gasteiger partial charge in [-0.15, -0.1) is 0 Å². The van der Waals surface area contributed by atoms with E-state index < -0.39 is 29.2 Å². The molecule has 2 aliphatic rings. The number of aliphatic hydroxyl groups is 1. The van der Waals surface area contributed by atoms with Crippen molar-refractivity contribution in [3.8, 4) is 0 Å². The van der Waals surface area contributed by atoms with Crippen molar-refractivity contribution in [2.45, 2.75) is 89.6 Å². The van der Waals surface area contributed by atoms with Crippen LogP contribution in [0, 0.1) is 17.2 Å². The Bertz CT molecular complexity index is 1260. The number of benzene rings is 2. The molecule has 0 unspecified atom stereocenters. The van der Waals surface area contributed by atoms with Crippen molar-refractivity contribution < 1.29 is 19.1 Å². The summed E-state index contributed by atoms with van der Waals surface area (Å²) in [6.45, 7) is 9.03. The Morgan fingerprint density at radius 1 is 1.17 bits per heavy atom. The molecule has 2 amide bonds. The van der Waals surface area contributed by atoms with Crippen LogP contribution in [0.15, 0.2) is 36.4 Å². The smallest absolute Gasteiger partial charge is 0.237 e. The van der Waals surface area contributed by atoms with Crippen molar-refractivity contribution in [2.75, 3.05) is 18.5 Å². The molecule has 0 aliphatic carbocycles. The van der Waals surface area contributed by atoms with Crippen molar-refractivity contribution in [3.63, 3.8) is 0 Å². The topological polar surface area (TPSA) is 90.5 Å². The monoisotopic (exact) mass is 605 g/mol. The summed E-state index contributed by atoms with van der Waals surface area (Å²) in [6, 6.07) is 8.79. The number of rotatable bonds is 11. The molecular weight excluding hydrogens is 564 g/mol. The molecule has 9 heteroatoms. The number of hydrogen-bond acceptors (Lipinski definition) is 4. The van der Waals surface area contributed by atoms with Crippen LogP contribution in [0.1, 0.15) is 83.3 Å². The van der Waals surface area contributed by atoms with Gasteiger partial charge >= 0.3 is 0 Å². The Labute approximate surface area is 252 Å². The number of hydrogen-bond donors (Lipinski definition) is 4. The number of nitrogens with one attached hydrogen (secondary N) is 3. The maximum atomic E-state index is 15.0. The Morgan fingerprint density at radius 2 is 1.93 bits per heavy atom. The number of aliphatic hydroxyl groups excluding tert-OH is 1. The molecule has 2 aromatic carbocycles. The van der Waals surface area contributed by atoms with Crippen molar-refractivity contribution >= 4 is 40.7 Å². The number of carbonyl (C=O) groups is 2. The van der Waals surface area contributed by atoms with Crippen molar-refractivity contribution in [1.82, 2.24) is 10.6 Å². The van der Waals surface area contributed by atoms with Crippen LogP contribution in [-0.2, 0) is 15.0 Å². The highest BCUT2D eigenvalue weighted by molar-refractivity contribution is 6.31. The number of anilines is 1. The van der Waals surface area contributed by atoms with Gasteiger partial charge in [-0.1, -0.05) is 75.9 Å².